The molecule has 0 saturated heterocycles. The zero-order valence-corrected chi connectivity index (χ0v) is 8.28. The van der Waals surface area contributed by atoms with Crippen molar-refractivity contribution in [3.05, 3.63) is 40.2 Å². The van der Waals surface area contributed by atoms with Crippen molar-refractivity contribution in [2.75, 3.05) is 0 Å². The highest BCUT2D eigenvalue weighted by atomic mass is 16.3. The van der Waals surface area contributed by atoms with Gasteiger partial charge in [0.1, 0.15) is 12.1 Å². The molecule has 5 heteroatoms. The third-order valence-electron chi connectivity index (χ3n) is 2.22. The van der Waals surface area contributed by atoms with Gasteiger partial charge in [0, 0.05) is 12.2 Å². The monoisotopic (exact) mass is 205 g/mol. The summed E-state index contributed by atoms with van der Waals surface area (Å²) in [5.74, 6) is 0.503. The van der Waals surface area contributed by atoms with Crippen molar-refractivity contribution in [3.8, 4) is 11.4 Å². The Morgan fingerprint density at radius 3 is 2.93 bits per heavy atom. The number of nitrogens with one attached hydrogen (secondary N) is 1. The molecule has 0 amide bonds. The zero-order chi connectivity index (χ0) is 10.8. The maximum absolute atomic E-state index is 11.6. The van der Waals surface area contributed by atoms with E-state index in [1.807, 2.05) is 0 Å². The lowest BCUT2D eigenvalue weighted by molar-refractivity contribution is 0.568. The first-order valence-corrected chi connectivity index (χ1v) is 4.55. The van der Waals surface area contributed by atoms with E-state index >= 15 is 0 Å². The summed E-state index contributed by atoms with van der Waals surface area (Å²) in [6.07, 6.45) is 3.06. The van der Waals surface area contributed by atoms with Crippen LogP contribution in [0.25, 0.3) is 11.4 Å². The molecule has 0 atom stereocenters. The number of furan rings is 1. The lowest BCUT2D eigenvalue weighted by atomic mass is 10.2. The van der Waals surface area contributed by atoms with Crippen molar-refractivity contribution in [2.45, 2.75) is 13.5 Å². The Bertz CT molecular complexity index is 514. The molecule has 0 aliphatic rings. The van der Waals surface area contributed by atoms with E-state index in [-0.39, 0.29) is 12.1 Å². The summed E-state index contributed by atoms with van der Waals surface area (Å²) in [5, 5.41) is 0. The summed E-state index contributed by atoms with van der Waals surface area (Å²) in [7, 11) is 0. The fourth-order valence-corrected chi connectivity index (χ4v) is 1.39. The van der Waals surface area contributed by atoms with Gasteiger partial charge in [-0.3, -0.25) is 4.79 Å². The lowest BCUT2D eigenvalue weighted by Gasteiger charge is -2.03. The van der Waals surface area contributed by atoms with Crippen molar-refractivity contribution in [1.82, 2.24) is 9.97 Å². The minimum absolute atomic E-state index is 0.193. The van der Waals surface area contributed by atoms with E-state index in [9.17, 15) is 4.79 Å². The second kappa shape index (κ2) is 3.70. The highest BCUT2D eigenvalue weighted by molar-refractivity contribution is 5.52. The molecule has 2 heterocycles. The average molecular weight is 205 g/mol. The van der Waals surface area contributed by atoms with Crippen LogP contribution < -0.4 is 11.3 Å². The molecule has 5 nitrogen and oxygen atoms in total. The molecule has 0 fully saturated rings. The van der Waals surface area contributed by atoms with Crippen LogP contribution in [0, 0.1) is 6.92 Å². The van der Waals surface area contributed by atoms with Crippen LogP contribution in [0.5, 0.6) is 0 Å². The Morgan fingerprint density at radius 2 is 2.40 bits per heavy atom. The number of aromatic amines is 1. The molecule has 0 aliphatic heterocycles. The molecular weight excluding hydrogens is 194 g/mol. The third-order valence-corrected chi connectivity index (χ3v) is 2.22. The lowest BCUT2D eigenvalue weighted by Crippen LogP contribution is -2.20. The van der Waals surface area contributed by atoms with E-state index in [4.69, 9.17) is 10.2 Å². The molecule has 0 unspecified atom stereocenters. The van der Waals surface area contributed by atoms with Crippen LogP contribution in [0.2, 0.25) is 0 Å². The van der Waals surface area contributed by atoms with Gasteiger partial charge in [-0.25, -0.2) is 4.98 Å². The predicted molar refractivity (Wildman–Crippen MR) is 55.2 cm³/mol. The number of nitrogens with zero attached hydrogens (tertiary/aromatic N) is 1. The van der Waals surface area contributed by atoms with Gasteiger partial charge in [-0.1, -0.05) is 0 Å². The highest BCUT2D eigenvalue weighted by Gasteiger charge is 2.08. The largest absolute Gasteiger partial charge is 0.472 e. The second-order valence-electron chi connectivity index (χ2n) is 3.19. The van der Waals surface area contributed by atoms with E-state index in [1.165, 1.54) is 12.5 Å². The zero-order valence-electron chi connectivity index (χ0n) is 8.28. The van der Waals surface area contributed by atoms with Gasteiger partial charge >= 0.3 is 0 Å². The number of nitrogens with two attached hydrogens (primary N) is 1. The number of hydrogen-bond donors (Lipinski definition) is 2. The van der Waals surface area contributed by atoms with Gasteiger partial charge in [0.2, 0.25) is 0 Å². The van der Waals surface area contributed by atoms with Crippen LogP contribution in [-0.2, 0) is 6.54 Å². The molecule has 3 N–H and O–H groups in total. The minimum atomic E-state index is -0.193. The summed E-state index contributed by atoms with van der Waals surface area (Å²) in [5.41, 5.74) is 7.16. The maximum Gasteiger partial charge on any atom is 0.255 e. The summed E-state index contributed by atoms with van der Waals surface area (Å²) in [6.45, 7) is 1.96. The summed E-state index contributed by atoms with van der Waals surface area (Å²) < 4.78 is 4.92. The molecule has 0 aliphatic carbocycles. The molecule has 0 spiro atoms. The van der Waals surface area contributed by atoms with Crippen LogP contribution in [-0.4, -0.2) is 9.97 Å². The first-order valence-electron chi connectivity index (χ1n) is 4.55. The van der Waals surface area contributed by atoms with E-state index in [1.54, 1.807) is 13.0 Å². The molecule has 2 aromatic heterocycles. The summed E-state index contributed by atoms with van der Waals surface area (Å²) in [6, 6.07) is 1.74. The number of aromatic nitrogens is 2. The van der Waals surface area contributed by atoms with Crippen LogP contribution >= 0.6 is 0 Å². The smallest absolute Gasteiger partial charge is 0.255 e. The van der Waals surface area contributed by atoms with Gasteiger partial charge in [0.05, 0.1) is 17.4 Å². The van der Waals surface area contributed by atoms with Gasteiger partial charge < -0.3 is 15.1 Å². The van der Waals surface area contributed by atoms with Crippen molar-refractivity contribution in [1.29, 1.82) is 0 Å². The maximum atomic E-state index is 11.6. The quantitative estimate of drug-likeness (QED) is 0.759. The van der Waals surface area contributed by atoms with Gasteiger partial charge in [0.15, 0.2) is 0 Å². The number of H-pyrrole nitrogens is 1. The number of hydrogen-bond acceptors (Lipinski definition) is 4. The Balaban J connectivity index is 2.58. The molecule has 15 heavy (non-hydrogen) atoms. The van der Waals surface area contributed by atoms with Crippen LogP contribution in [0.15, 0.2) is 27.8 Å². The molecule has 2 rings (SSSR count). The number of aryl methyl sites for hydroxylation is 1. The van der Waals surface area contributed by atoms with Crippen molar-refractivity contribution < 1.29 is 4.42 Å². The third kappa shape index (κ3) is 1.69. The summed E-state index contributed by atoms with van der Waals surface area (Å²) in [4.78, 5) is 18.5. The molecular formula is C10H11N3O2. The van der Waals surface area contributed by atoms with Gasteiger partial charge in [-0.05, 0) is 13.0 Å². The van der Waals surface area contributed by atoms with E-state index < -0.39 is 0 Å². The standard InChI is InChI=1S/C10H11N3O2/c1-6-8(4-11)10(14)13-9(12-6)7-2-3-15-5-7/h2-3,5H,4,11H2,1H3,(H,12,13,14). The predicted octanol–water partition coefficient (Wildman–Crippen LogP) is 0.797. The fraction of sp³-hybridized carbons (Fsp3) is 0.200. The van der Waals surface area contributed by atoms with Crippen molar-refractivity contribution >= 4 is 0 Å². The Labute approximate surface area is 86.0 Å². The van der Waals surface area contributed by atoms with E-state index in [0.717, 1.165) is 5.56 Å². The molecule has 0 saturated carbocycles. The topological polar surface area (TPSA) is 84.9 Å². The van der Waals surface area contributed by atoms with Crippen LogP contribution in [0.4, 0.5) is 0 Å². The molecule has 2 aromatic rings. The molecule has 78 valence electrons. The number of rotatable bonds is 2. The SMILES string of the molecule is Cc1nc(-c2ccoc2)[nH]c(=O)c1CN. The highest BCUT2D eigenvalue weighted by Crippen LogP contribution is 2.14. The van der Waals surface area contributed by atoms with E-state index in [2.05, 4.69) is 9.97 Å². The second-order valence-corrected chi connectivity index (χ2v) is 3.19. The average Bonchev–Trinajstić information content (AvgIpc) is 2.69. The molecule has 0 aromatic carbocycles. The Hall–Kier alpha value is -1.88. The molecule has 0 bridgehead atoms. The van der Waals surface area contributed by atoms with Gasteiger partial charge in [-0.2, -0.15) is 0 Å². The Kier molecular flexibility index (Phi) is 2.39. The first-order chi connectivity index (χ1) is 7.22. The minimum Gasteiger partial charge on any atom is -0.472 e. The Morgan fingerprint density at radius 1 is 1.60 bits per heavy atom. The van der Waals surface area contributed by atoms with Gasteiger partial charge in [0.25, 0.3) is 5.56 Å². The van der Waals surface area contributed by atoms with Gasteiger partial charge in [-0.15, -0.1) is 0 Å². The molecule has 0 radical (unpaired) electrons. The van der Waals surface area contributed by atoms with Crippen LogP contribution in [0.1, 0.15) is 11.3 Å². The van der Waals surface area contributed by atoms with Crippen molar-refractivity contribution in [2.24, 2.45) is 5.73 Å². The van der Waals surface area contributed by atoms with Crippen molar-refractivity contribution in [3.63, 3.8) is 0 Å². The van der Waals surface area contributed by atoms with E-state index in [0.29, 0.717) is 17.1 Å². The van der Waals surface area contributed by atoms with Crippen LogP contribution in [0.3, 0.4) is 0 Å². The summed E-state index contributed by atoms with van der Waals surface area (Å²) >= 11 is 0. The normalized spacial score (nSPS) is 10.5. The first kappa shape index (κ1) is 9.67. The fourth-order valence-electron chi connectivity index (χ4n) is 1.39.